The molecule has 0 aliphatic carbocycles. The van der Waals surface area contributed by atoms with Crippen molar-refractivity contribution in [3.05, 3.63) is 39.4 Å². The number of nitro groups is 1. The summed E-state index contributed by atoms with van der Waals surface area (Å²) in [5.74, 6) is -0.534. The zero-order chi connectivity index (χ0) is 13.7. The molecule has 6 heteroatoms. The third kappa shape index (κ3) is 3.28. The van der Waals surface area contributed by atoms with Crippen molar-refractivity contribution in [3.63, 3.8) is 0 Å². The molecule has 6 nitrogen and oxygen atoms in total. The Morgan fingerprint density at radius 2 is 2.28 bits per heavy atom. The van der Waals surface area contributed by atoms with Crippen LogP contribution < -0.4 is 5.32 Å². The first-order chi connectivity index (χ1) is 8.45. The highest BCUT2D eigenvalue weighted by Gasteiger charge is 2.21. The lowest BCUT2D eigenvalue weighted by Gasteiger charge is -2.10. The third-order valence-corrected chi connectivity index (χ3v) is 2.37. The SMILES string of the molecule is Cc1ccc([N+](=O)[O-])c(C(=O)NC(C)CC#N)c1. The Morgan fingerprint density at radius 3 is 2.83 bits per heavy atom. The molecule has 0 saturated carbocycles. The van der Waals surface area contributed by atoms with Gasteiger partial charge in [0.2, 0.25) is 0 Å². The van der Waals surface area contributed by atoms with E-state index in [0.29, 0.717) is 0 Å². The van der Waals surface area contributed by atoms with Crippen molar-refractivity contribution in [2.45, 2.75) is 26.3 Å². The minimum atomic E-state index is -0.594. The quantitative estimate of drug-likeness (QED) is 0.649. The number of hydrogen-bond acceptors (Lipinski definition) is 4. The number of carbonyl (C=O) groups is 1. The van der Waals surface area contributed by atoms with Crippen LogP contribution in [0, 0.1) is 28.4 Å². The van der Waals surface area contributed by atoms with Gasteiger partial charge in [-0.05, 0) is 25.5 Å². The van der Waals surface area contributed by atoms with Crippen molar-refractivity contribution in [2.24, 2.45) is 0 Å². The van der Waals surface area contributed by atoms with Gasteiger partial charge in [0.1, 0.15) is 5.56 Å². The van der Waals surface area contributed by atoms with E-state index in [1.165, 1.54) is 12.1 Å². The highest BCUT2D eigenvalue weighted by atomic mass is 16.6. The molecule has 0 aliphatic heterocycles. The van der Waals surface area contributed by atoms with Crippen LogP contribution in [0.25, 0.3) is 0 Å². The standard InChI is InChI=1S/C12H13N3O3/c1-8-3-4-11(15(17)18)10(7-8)12(16)14-9(2)5-6-13/h3-4,7,9H,5H2,1-2H3,(H,14,16). The van der Waals surface area contributed by atoms with Gasteiger partial charge in [-0.25, -0.2) is 0 Å². The Labute approximate surface area is 104 Å². The second-order valence-corrected chi connectivity index (χ2v) is 4.01. The second kappa shape index (κ2) is 5.77. The van der Waals surface area contributed by atoms with Gasteiger partial charge in [0, 0.05) is 12.1 Å². The van der Waals surface area contributed by atoms with E-state index in [9.17, 15) is 14.9 Å². The lowest BCUT2D eigenvalue weighted by molar-refractivity contribution is -0.385. The van der Waals surface area contributed by atoms with E-state index in [4.69, 9.17) is 5.26 Å². The maximum absolute atomic E-state index is 11.9. The smallest absolute Gasteiger partial charge is 0.282 e. The molecule has 1 amide bonds. The highest BCUT2D eigenvalue weighted by Crippen LogP contribution is 2.19. The number of rotatable bonds is 4. The van der Waals surface area contributed by atoms with Gasteiger partial charge in [-0.2, -0.15) is 5.26 Å². The lowest BCUT2D eigenvalue weighted by atomic mass is 10.1. The Morgan fingerprint density at radius 1 is 1.61 bits per heavy atom. The fraction of sp³-hybridized carbons (Fsp3) is 0.333. The number of nitro benzene ring substituents is 1. The molecule has 0 saturated heterocycles. The summed E-state index contributed by atoms with van der Waals surface area (Å²) in [5.41, 5.74) is 0.547. The molecule has 0 aliphatic rings. The van der Waals surface area contributed by atoms with Crippen LogP contribution in [0.2, 0.25) is 0 Å². The largest absolute Gasteiger partial charge is 0.348 e. The number of amides is 1. The van der Waals surface area contributed by atoms with E-state index >= 15 is 0 Å². The van der Waals surface area contributed by atoms with Crippen LogP contribution in [0.4, 0.5) is 5.69 Å². The first-order valence-corrected chi connectivity index (χ1v) is 5.38. The molecular formula is C12H13N3O3. The zero-order valence-electron chi connectivity index (χ0n) is 10.1. The topological polar surface area (TPSA) is 96.0 Å². The van der Waals surface area contributed by atoms with Crippen molar-refractivity contribution in [2.75, 3.05) is 0 Å². The van der Waals surface area contributed by atoms with Crippen molar-refractivity contribution in [1.82, 2.24) is 5.32 Å². The third-order valence-electron chi connectivity index (χ3n) is 2.37. The molecule has 1 aromatic rings. The summed E-state index contributed by atoms with van der Waals surface area (Å²) in [5, 5.41) is 21.9. The van der Waals surface area contributed by atoms with Crippen LogP contribution in [-0.4, -0.2) is 16.9 Å². The first-order valence-electron chi connectivity index (χ1n) is 5.38. The molecule has 1 atom stereocenters. The predicted octanol–water partition coefficient (Wildman–Crippen LogP) is 1.94. The summed E-state index contributed by atoms with van der Waals surface area (Å²) in [7, 11) is 0. The van der Waals surface area contributed by atoms with Gasteiger partial charge in [0.05, 0.1) is 17.4 Å². The molecule has 0 spiro atoms. The van der Waals surface area contributed by atoms with Gasteiger partial charge in [-0.1, -0.05) is 6.07 Å². The van der Waals surface area contributed by atoms with Crippen molar-refractivity contribution in [3.8, 4) is 6.07 Å². The molecule has 1 rings (SSSR count). The summed E-state index contributed by atoms with van der Waals surface area (Å²) >= 11 is 0. The minimum absolute atomic E-state index is 0.0183. The Balaban J connectivity index is 3.01. The normalized spacial score (nSPS) is 11.4. The van der Waals surface area contributed by atoms with Crippen LogP contribution in [0.5, 0.6) is 0 Å². The number of carbonyl (C=O) groups excluding carboxylic acids is 1. The molecule has 18 heavy (non-hydrogen) atoms. The van der Waals surface area contributed by atoms with E-state index in [0.717, 1.165) is 5.56 Å². The molecule has 1 N–H and O–H groups in total. The van der Waals surface area contributed by atoms with Gasteiger partial charge >= 0.3 is 0 Å². The average molecular weight is 247 g/mol. The first kappa shape index (κ1) is 13.6. The van der Waals surface area contributed by atoms with E-state index in [1.54, 1.807) is 19.9 Å². The Bertz CT molecular complexity index is 520. The molecule has 0 aromatic heterocycles. The Hall–Kier alpha value is -2.42. The number of hydrogen-bond donors (Lipinski definition) is 1. The fourth-order valence-electron chi connectivity index (χ4n) is 1.48. The second-order valence-electron chi connectivity index (χ2n) is 4.01. The molecule has 1 aromatic carbocycles. The van der Waals surface area contributed by atoms with Crippen LogP contribution >= 0.6 is 0 Å². The summed E-state index contributed by atoms with van der Waals surface area (Å²) < 4.78 is 0. The van der Waals surface area contributed by atoms with Gasteiger partial charge in [0.25, 0.3) is 11.6 Å². The van der Waals surface area contributed by atoms with Crippen LogP contribution in [0.1, 0.15) is 29.3 Å². The average Bonchev–Trinajstić information content (AvgIpc) is 2.28. The van der Waals surface area contributed by atoms with Crippen LogP contribution in [0.15, 0.2) is 18.2 Å². The van der Waals surface area contributed by atoms with E-state index < -0.39 is 10.8 Å². The van der Waals surface area contributed by atoms with E-state index in [-0.39, 0.29) is 23.7 Å². The molecular weight excluding hydrogens is 234 g/mol. The van der Waals surface area contributed by atoms with Crippen LogP contribution in [0.3, 0.4) is 0 Å². The van der Waals surface area contributed by atoms with Crippen molar-refractivity contribution < 1.29 is 9.72 Å². The van der Waals surface area contributed by atoms with Crippen molar-refractivity contribution >= 4 is 11.6 Å². The summed E-state index contributed by atoms with van der Waals surface area (Å²) in [6.07, 6.45) is 0.158. The van der Waals surface area contributed by atoms with E-state index in [1.807, 2.05) is 6.07 Å². The molecule has 0 radical (unpaired) electrons. The summed E-state index contributed by atoms with van der Waals surface area (Å²) in [4.78, 5) is 22.1. The molecule has 0 heterocycles. The highest BCUT2D eigenvalue weighted by molar-refractivity contribution is 5.98. The van der Waals surface area contributed by atoms with Gasteiger partial charge in [0.15, 0.2) is 0 Å². The van der Waals surface area contributed by atoms with Crippen molar-refractivity contribution in [1.29, 1.82) is 5.26 Å². The van der Waals surface area contributed by atoms with E-state index in [2.05, 4.69) is 5.32 Å². The maximum Gasteiger partial charge on any atom is 0.282 e. The lowest BCUT2D eigenvalue weighted by Crippen LogP contribution is -2.32. The molecule has 94 valence electrons. The fourth-order valence-corrected chi connectivity index (χ4v) is 1.48. The van der Waals surface area contributed by atoms with Gasteiger partial charge < -0.3 is 5.32 Å². The molecule has 1 unspecified atom stereocenters. The monoisotopic (exact) mass is 247 g/mol. The number of benzene rings is 1. The predicted molar refractivity (Wildman–Crippen MR) is 65.0 cm³/mol. The van der Waals surface area contributed by atoms with Gasteiger partial charge in [-0.15, -0.1) is 0 Å². The summed E-state index contributed by atoms with van der Waals surface area (Å²) in [6, 6.07) is 5.93. The number of nitriles is 1. The number of aryl methyl sites for hydroxylation is 1. The molecule has 0 fully saturated rings. The zero-order valence-corrected chi connectivity index (χ0v) is 10.1. The van der Waals surface area contributed by atoms with Gasteiger partial charge in [-0.3, -0.25) is 14.9 Å². The minimum Gasteiger partial charge on any atom is -0.348 e. The molecule has 0 bridgehead atoms. The maximum atomic E-state index is 11.9. The Kier molecular flexibility index (Phi) is 4.38. The number of nitrogens with zero attached hydrogens (tertiary/aromatic N) is 2. The number of nitrogens with one attached hydrogen (secondary N) is 1. The summed E-state index contributed by atoms with van der Waals surface area (Å²) in [6.45, 7) is 3.42. The van der Waals surface area contributed by atoms with Crippen LogP contribution in [-0.2, 0) is 0 Å².